The lowest BCUT2D eigenvalue weighted by Gasteiger charge is -2.48. The highest BCUT2D eigenvalue weighted by Crippen LogP contribution is 2.52. The van der Waals surface area contributed by atoms with E-state index < -0.39 is 0 Å². The zero-order valence-corrected chi connectivity index (χ0v) is 10.5. The quantitative estimate of drug-likeness (QED) is 0.596. The van der Waals surface area contributed by atoms with Gasteiger partial charge in [0.25, 0.3) is 0 Å². The molecule has 0 radical (unpaired) electrons. The lowest BCUT2D eigenvalue weighted by molar-refractivity contribution is 0.0330. The van der Waals surface area contributed by atoms with E-state index in [2.05, 4.69) is 26.8 Å². The maximum Gasteiger partial charge on any atom is 0.0608 e. The highest BCUT2D eigenvalue weighted by molar-refractivity contribution is 5.22. The number of hydrogen-bond acceptors (Lipinski definition) is 1. The Morgan fingerprint density at radius 3 is 2.80 bits per heavy atom. The Hall–Kier alpha value is -0.300. The van der Waals surface area contributed by atoms with Gasteiger partial charge in [0.15, 0.2) is 0 Å². The van der Waals surface area contributed by atoms with Crippen molar-refractivity contribution in [2.24, 2.45) is 17.3 Å². The van der Waals surface area contributed by atoms with Crippen LogP contribution >= 0.6 is 0 Å². The van der Waals surface area contributed by atoms with Gasteiger partial charge >= 0.3 is 0 Å². The molecule has 2 unspecified atom stereocenters. The Bertz CT molecular complexity index is 269. The van der Waals surface area contributed by atoms with E-state index in [1.807, 2.05) is 7.11 Å². The second-order valence-corrected chi connectivity index (χ2v) is 5.75. The van der Waals surface area contributed by atoms with E-state index >= 15 is 0 Å². The van der Waals surface area contributed by atoms with Crippen molar-refractivity contribution in [3.8, 4) is 0 Å². The largest absolute Gasteiger partial charge is 0.381 e. The maximum atomic E-state index is 5.51. The summed E-state index contributed by atoms with van der Waals surface area (Å²) in [4.78, 5) is 0. The van der Waals surface area contributed by atoms with Crippen LogP contribution in [-0.2, 0) is 4.74 Å². The summed E-state index contributed by atoms with van der Waals surface area (Å²) < 4.78 is 5.51. The van der Waals surface area contributed by atoms with E-state index in [1.54, 1.807) is 5.57 Å². The summed E-state index contributed by atoms with van der Waals surface area (Å²) in [6, 6.07) is 0. The van der Waals surface area contributed by atoms with Gasteiger partial charge in [-0.3, -0.25) is 0 Å². The number of methoxy groups -OCH3 is 1. The average Bonchev–Trinajstić information content (AvgIpc) is 2.25. The van der Waals surface area contributed by atoms with Gasteiger partial charge in [-0.05, 0) is 42.9 Å². The van der Waals surface area contributed by atoms with Crippen molar-refractivity contribution < 1.29 is 4.74 Å². The number of rotatable bonds is 1. The lowest BCUT2D eigenvalue weighted by atomic mass is 9.57. The molecule has 2 rings (SSSR count). The molecule has 0 aromatic carbocycles. The molecule has 2 aliphatic rings. The van der Waals surface area contributed by atoms with Gasteiger partial charge in [0.2, 0.25) is 0 Å². The summed E-state index contributed by atoms with van der Waals surface area (Å²) in [6.45, 7) is 7.29. The van der Waals surface area contributed by atoms with Crippen LogP contribution in [-0.4, -0.2) is 13.2 Å². The van der Waals surface area contributed by atoms with Crippen molar-refractivity contribution in [2.45, 2.75) is 52.6 Å². The molecule has 1 heteroatoms. The number of ether oxygens (including phenoxy) is 1. The first-order valence-electron chi connectivity index (χ1n) is 6.30. The third kappa shape index (κ3) is 1.75. The summed E-state index contributed by atoms with van der Waals surface area (Å²) in [6.07, 6.45) is 7.96. The van der Waals surface area contributed by atoms with Gasteiger partial charge in [-0.1, -0.05) is 32.4 Å². The van der Waals surface area contributed by atoms with E-state index in [1.165, 1.54) is 25.7 Å². The SMILES string of the molecule is CO[C@H]1CC[C@@]2(C)C(=CCC(C)C2C)C1. The molecule has 0 amide bonds. The van der Waals surface area contributed by atoms with Crippen LogP contribution in [0.25, 0.3) is 0 Å². The van der Waals surface area contributed by atoms with Crippen molar-refractivity contribution in [2.75, 3.05) is 7.11 Å². The van der Waals surface area contributed by atoms with E-state index in [-0.39, 0.29) is 0 Å². The van der Waals surface area contributed by atoms with Gasteiger partial charge in [-0.2, -0.15) is 0 Å². The molecule has 0 aromatic rings. The Morgan fingerprint density at radius 1 is 1.40 bits per heavy atom. The monoisotopic (exact) mass is 208 g/mol. The third-order valence-electron chi connectivity index (χ3n) is 5.09. The maximum absolute atomic E-state index is 5.51. The van der Waals surface area contributed by atoms with Crippen molar-refractivity contribution in [3.05, 3.63) is 11.6 Å². The number of fused-ring (bicyclic) bond motifs is 1. The van der Waals surface area contributed by atoms with Gasteiger partial charge in [0.05, 0.1) is 6.10 Å². The van der Waals surface area contributed by atoms with Crippen LogP contribution in [0.5, 0.6) is 0 Å². The summed E-state index contributed by atoms with van der Waals surface area (Å²) in [7, 11) is 1.85. The average molecular weight is 208 g/mol. The Kier molecular flexibility index (Phi) is 2.94. The van der Waals surface area contributed by atoms with E-state index in [9.17, 15) is 0 Å². The van der Waals surface area contributed by atoms with Crippen LogP contribution in [0, 0.1) is 17.3 Å². The first kappa shape index (κ1) is 11.2. The first-order chi connectivity index (χ1) is 7.08. The zero-order chi connectivity index (χ0) is 11.1. The second-order valence-electron chi connectivity index (χ2n) is 5.75. The summed E-state index contributed by atoms with van der Waals surface area (Å²) in [5.41, 5.74) is 2.14. The molecule has 0 bridgehead atoms. The topological polar surface area (TPSA) is 9.23 Å². The molecule has 0 heterocycles. The van der Waals surface area contributed by atoms with Gasteiger partial charge in [0, 0.05) is 7.11 Å². The lowest BCUT2D eigenvalue weighted by Crippen LogP contribution is -2.40. The van der Waals surface area contributed by atoms with Gasteiger partial charge < -0.3 is 4.74 Å². The molecule has 1 fully saturated rings. The first-order valence-corrected chi connectivity index (χ1v) is 6.30. The summed E-state index contributed by atoms with van der Waals surface area (Å²) in [5.74, 6) is 1.67. The smallest absolute Gasteiger partial charge is 0.0608 e. The molecule has 0 saturated heterocycles. The second kappa shape index (κ2) is 3.93. The van der Waals surface area contributed by atoms with Crippen molar-refractivity contribution in [1.82, 2.24) is 0 Å². The molecular formula is C14H24O. The molecule has 15 heavy (non-hydrogen) atoms. The minimum absolute atomic E-state index is 0.465. The van der Waals surface area contributed by atoms with Gasteiger partial charge in [-0.25, -0.2) is 0 Å². The van der Waals surface area contributed by atoms with Gasteiger partial charge in [0.1, 0.15) is 0 Å². The molecule has 0 spiro atoms. The normalized spacial score (nSPS) is 45.9. The van der Waals surface area contributed by atoms with Crippen LogP contribution in [0.15, 0.2) is 11.6 Å². The zero-order valence-electron chi connectivity index (χ0n) is 10.5. The minimum Gasteiger partial charge on any atom is -0.381 e. The molecule has 1 saturated carbocycles. The van der Waals surface area contributed by atoms with Crippen LogP contribution in [0.3, 0.4) is 0 Å². The molecule has 2 aliphatic carbocycles. The Balaban J connectivity index is 2.22. The molecule has 86 valence electrons. The molecule has 1 nitrogen and oxygen atoms in total. The summed E-state index contributed by atoms with van der Waals surface area (Å²) in [5, 5.41) is 0. The van der Waals surface area contributed by atoms with E-state index in [0.717, 1.165) is 11.8 Å². The molecule has 0 aromatic heterocycles. The molecular weight excluding hydrogens is 184 g/mol. The van der Waals surface area contributed by atoms with Crippen molar-refractivity contribution in [3.63, 3.8) is 0 Å². The Labute approximate surface area is 93.9 Å². The van der Waals surface area contributed by atoms with E-state index in [0.29, 0.717) is 11.5 Å². The predicted molar refractivity (Wildman–Crippen MR) is 63.8 cm³/mol. The highest BCUT2D eigenvalue weighted by Gasteiger charge is 2.43. The summed E-state index contributed by atoms with van der Waals surface area (Å²) >= 11 is 0. The number of hydrogen-bond donors (Lipinski definition) is 0. The molecule has 0 aliphatic heterocycles. The van der Waals surface area contributed by atoms with Crippen LogP contribution in [0.1, 0.15) is 46.5 Å². The van der Waals surface area contributed by atoms with E-state index in [4.69, 9.17) is 4.74 Å². The molecule has 4 atom stereocenters. The number of allylic oxidation sites excluding steroid dienone is 1. The predicted octanol–water partition coefficient (Wildman–Crippen LogP) is 3.79. The molecule has 0 N–H and O–H groups in total. The highest BCUT2D eigenvalue weighted by atomic mass is 16.5. The fourth-order valence-electron chi connectivity index (χ4n) is 3.40. The van der Waals surface area contributed by atoms with Gasteiger partial charge in [-0.15, -0.1) is 0 Å². The van der Waals surface area contributed by atoms with Crippen molar-refractivity contribution in [1.29, 1.82) is 0 Å². The van der Waals surface area contributed by atoms with Crippen molar-refractivity contribution >= 4 is 0 Å². The van der Waals surface area contributed by atoms with Crippen LogP contribution < -0.4 is 0 Å². The van der Waals surface area contributed by atoms with Crippen LogP contribution in [0.2, 0.25) is 0 Å². The third-order valence-corrected chi connectivity index (χ3v) is 5.09. The fraction of sp³-hybridized carbons (Fsp3) is 0.857. The fourth-order valence-corrected chi connectivity index (χ4v) is 3.40. The standard InChI is InChI=1S/C14H24O/c1-10-5-6-12-9-13(15-4)7-8-14(12,3)11(10)2/h6,10-11,13H,5,7-9H2,1-4H3/t10?,11?,13-,14+/m0/s1. The minimum atomic E-state index is 0.465. The Morgan fingerprint density at radius 2 is 2.13 bits per heavy atom. The van der Waals surface area contributed by atoms with Crippen LogP contribution in [0.4, 0.5) is 0 Å².